The third-order valence-corrected chi connectivity index (χ3v) is 3.69. The highest BCUT2D eigenvalue weighted by Gasteiger charge is 2.43. The Hall–Kier alpha value is -0.380. The number of carbonyl (C=O) groups is 1. The Morgan fingerprint density at radius 3 is 1.94 bits per heavy atom. The van der Waals surface area contributed by atoms with Gasteiger partial charge >= 0.3 is 13.6 Å². The van der Waals surface area contributed by atoms with E-state index in [9.17, 15) is 9.36 Å². The SMILES string of the molecule is CCCC(CCC)(CP(=O)(O)O)C(=O)OCC. The summed E-state index contributed by atoms with van der Waals surface area (Å²) in [6.45, 7) is 5.71. The molecule has 0 bridgehead atoms. The Morgan fingerprint density at radius 1 is 1.18 bits per heavy atom. The van der Waals surface area contributed by atoms with Crippen LogP contribution in [-0.4, -0.2) is 28.5 Å². The van der Waals surface area contributed by atoms with E-state index in [1.54, 1.807) is 6.92 Å². The van der Waals surface area contributed by atoms with Gasteiger partial charge in [-0.25, -0.2) is 0 Å². The molecule has 0 spiro atoms. The second-order valence-corrected chi connectivity index (χ2v) is 5.97. The summed E-state index contributed by atoms with van der Waals surface area (Å²) in [5.41, 5.74) is -1.03. The summed E-state index contributed by atoms with van der Waals surface area (Å²) in [6.07, 6.45) is 1.87. The standard InChI is InChI=1S/C11H23O5P/c1-4-7-11(8-5-2,9-17(13,14)15)10(12)16-6-3/h4-9H2,1-3H3,(H2,13,14,15). The predicted octanol–water partition coefficient (Wildman–Crippen LogP) is 2.31. The molecular weight excluding hydrogens is 243 g/mol. The Labute approximate surface area is 103 Å². The van der Waals surface area contributed by atoms with Gasteiger partial charge in [0.15, 0.2) is 0 Å². The van der Waals surface area contributed by atoms with Crippen LogP contribution in [0.25, 0.3) is 0 Å². The summed E-state index contributed by atoms with van der Waals surface area (Å²) in [4.78, 5) is 30.2. The molecule has 0 aliphatic rings. The van der Waals surface area contributed by atoms with Gasteiger partial charge in [0.2, 0.25) is 0 Å². The maximum Gasteiger partial charge on any atom is 0.326 e. The minimum Gasteiger partial charge on any atom is -0.466 e. The van der Waals surface area contributed by atoms with Crippen LogP contribution in [0.3, 0.4) is 0 Å². The summed E-state index contributed by atoms with van der Waals surface area (Å²) >= 11 is 0. The van der Waals surface area contributed by atoms with Gasteiger partial charge in [0, 0.05) is 0 Å². The molecule has 0 atom stereocenters. The summed E-state index contributed by atoms with van der Waals surface area (Å²) in [6, 6.07) is 0. The molecule has 6 heteroatoms. The van der Waals surface area contributed by atoms with Crippen LogP contribution in [-0.2, 0) is 14.1 Å². The van der Waals surface area contributed by atoms with Crippen LogP contribution in [0.1, 0.15) is 46.5 Å². The first-order valence-corrected chi connectivity index (χ1v) is 7.83. The molecule has 102 valence electrons. The Bertz CT molecular complexity index is 278. The van der Waals surface area contributed by atoms with Crippen LogP contribution in [0.4, 0.5) is 0 Å². The summed E-state index contributed by atoms with van der Waals surface area (Å²) in [5.74, 6) is -0.480. The molecular formula is C11H23O5P. The van der Waals surface area contributed by atoms with Crippen LogP contribution >= 0.6 is 7.60 Å². The van der Waals surface area contributed by atoms with E-state index in [4.69, 9.17) is 14.5 Å². The number of ether oxygens (including phenoxy) is 1. The maximum absolute atomic E-state index is 12.0. The van der Waals surface area contributed by atoms with Crippen molar-refractivity contribution in [2.45, 2.75) is 46.5 Å². The second-order valence-electron chi connectivity index (χ2n) is 4.32. The van der Waals surface area contributed by atoms with E-state index in [2.05, 4.69) is 0 Å². The molecule has 0 fully saturated rings. The molecule has 0 radical (unpaired) electrons. The molecule has 0 aliphatic carbocycles. The minimum atomic E-state index is -4.23. The molecule has 0 aromatic heterocycles. The quantitative estimate of drug-likeness (QED) is 0.520. The zero-order valence-electron chi connectivity index (χ0n) is 10.8. The van der Waals surface area contributed by atoms with Crippen molar-refractivity contribution in [3.05, 3.63) is 0 Å². The predicted molar refractivity (Wildman–Crippen MR) is 65.8 cm³/mol. The third kappa shape index (κ3) is 5.66. The van der Waals surface area contributed by atoms with Gasteiger partial charge in [-0.2, -0.15) is 0 Å². The summed E-state index contributed by atoms with van der Waals surface area (Å²) < 4.78 is 16.2. The molecule has 0 aromatic carbocycles. The average Bonchev–Trinajstić information content (AvgIpc) is 2.16. The minimum absolute atomic E-state index is 0.231. The fourth-order valence-electron chi connectivity index (χ4n) is 2.19. The van der Waals surface area contributed by atoms with E-state index in [-0.39, 0.29) is 6.61 Å². The van der Waals surface area contributed by atoms with Gasteiger partial charge < -0.3 is 14.5 Å². The van der Waals surface area contributed by atoms with Gasteiger partial charge in [0.25, 0.3) is 0 Å². The lowest BCUT2D eigenvalue weighted by molar-refractivity contribution is -0.155. The zero-order chi connectivity index (χ0) is 13.5. The molecule has 0 heterocycles. The molecule has 17 heavy (non-hydrogen) atoms. The van der Waals surface area contributed by atoms with E-state index in [1.807, 2.05) is 13.8 Å². The fraction of sp³-hybridized carbons (Fsp3) is 0.909. The fourth-order valence-corrected chi connectivity index (χ4v) is 3.42. The lowest BCUT2D eigenvalue weighted by Crippen LogP contribution is -2.36. The van der Waals surface area contributed by atoms with Gasteiger partial charge in [-0.15, -0.1) is 0 Å². The molecule has 5 nitrogen and oxygen atoms in total. The van der Waals surface area contributed by atoms with Crippen molar-refractivity contribution in [3.63, 3.8) is 0 Å². The van der Waals surface area contributed by atoms with Gasteiger partial charge in [-0.05, 0) is 19.8 Å². The highest BCUT2D eigenvalue weighted by Crippen LogP contribution is 2.46. The largest absolute Gasteiger partial charge is 0.466 e. The Kier molecular flexibility index (Phi) is 6.98. The van der Waals surface area contributed by atoms with Gasteiger partial charge in [-0.1, -0.05) is 26.7 Å². The average molecular weight is 266 g/mol. The van der Waals surface area contributed by atoms with Crippen LogP contribution in [0.15, 0.2) is 0 Å². The summed E-state index contributed by atoms with van der Waals surface area (Å²) in [7, 11) is -4.23. The van der Waals surface area contributed by atoms with E-state index < -0.39 is 25.1 Å². The smallest absolute Gasteiger partial charge is 0.326 e. The Morgan fingerprint density at radius 2 is 1.65 bits per heavy atom. The van der Waals surface area contributed by atoms with E-state index in [0.717, 1.165) is 0 Å². The zero-order valence-corrected chi connectivity index (χ0v) is 11.7. The van der Waals surface area contributed by atoms with Crippen molar-refractivity contribution in [2.24, 2.45) is 5.41 Å². The van der Waals surface area contributed by atoms with Crippen LogP contribution in [0.2, 0.25) is 0 Å². The molecule has 0 amide bonds. The maximum atomic E-state index is 12.0. The van der Waals surface area contributed by atoms with Crippen molar-refractivity contribution in [1.29, 1.82) is 0 Å². The van der Waals surface area contributed by atoms with Gasteiger partial charge in [-0.3, -0.25) is 9.36 Å². The van der Waals surface area contributed by atoms with Crippen LogP contribution in [0, 0.1) is 5.41 Å². The van der Waals surface area contributed by atoms with Gasteiger partial charge in [0.05, 0.1) is 18.2 Å². The molecule has 2 N–H and O–H groups in total. The first kappa shape index (κ1) is 16.6. The van der Waals surface area contributed by atoms with E-state index in [0.29, 0.717) is 25.7 Å². The number of esters is 1. The molecule has 0 aliphatic heterocycles. The summed E-state index contributed by atoms with van der Waals surface area (Å²) in [5, 5.41) is 0. The highest BCUT2D eigenvalue weighted by molar-refractivity contribution is 7.51. The molecule has 0 saturated heterocycles. The number of hydrogen-bond acceptors (Lipinski definition) is 3. The molecule has 0 saturated carbocycles. The van der Waals surface area contributed by atoms with Crippen LogP contribution < -0.4 is 0 Å². The van der Waals surface area contributed by atoms with Crippen molar-refractivity contribution in [2.75, 3.05) is 12.8 Å². The van der Waals surface area contributed by atoms with Crippen LogP contribution in [0.5, 0.6) is 0 Å². The Balaban J connectivity index is 5.10. The van der Waals surface area contributed by atoms with E-state index in [1.165, 1.54) is 0 Å². The second kappa shape index (κ2) is 7.14. The van der Waals surface area contributed by atoms with E-state index >= 15 is 0 Å². The van der Waals surface area contributed by atoms with Crippen molar-refractivity contribution < 1.29 is 23.9 Å². The molecule has 0 rings (SSSR count). The van der Waals surface area contributed by atoms with Crippen molar-refractivity contribution >= 4 is 13.6 Å². The van der Waals surface area contributed by atoms with Crippen molar-refractivity contribution in [1.82, 2.24) is 0 Å². The lowest BCUT2D eigenvalue weighted by Gasteiger charge is -2.31. The monoisotopic (exact) mass is 266 g/mol. The number of hydrogen-bond donors (Lipinski definition) is 2. The van der Waals surface area contributed by atoms with Gasteiger partial charge in [0.1, 0.15) is 0 Å². The first-order chi connectivity index (χ1) is 7.81. The lowest BCUT2D eigenvalue weighted by atomic mass is 9.81. The normalized spacial score (nSPS) is 12.5. The molecule has 0 unspecified atom stereocenters. The number of rotatable bonds is 8. The number of carbonyl (C=O) groups excluding carboxylic acids is 1. The highest BCUT2D eigenvalue weighted by atomic mass is 31.2. The topological polar surface area (TPSA) is 83.8 Å². The first-order valence-electron chi connectivity index (χ1n) is 6.03. The molecule has 0 aromatic rings. The third-order valence-electron chi connectivity index (χ3n) is 2.67. The van der Waals surface area contributed by atoms with Crippen molar-refractivity contribution in [3.8, 4) is 0 Å².